The topological polar surface area (TPSA) is 71.0 Å². The molecule has 0 unspecified atom stereocenters. The predicted octanol–water partition coefficient (Wildman–Crippen LogP) is 2.52. The molecule has 2 saturated heterocycles. The fraction of sp³-hybridized carbons (Fsp3) is 0.500. The van der Waals surface area contributed by atoms with E-state index in [0.717, 1.165) is 55.9 Å². The van der Waals surface area contributed by atoms with Gasteiger partial charge >= 0.3 is 0 Å². The molecule has 2 fully saturated rings. The van der Waals surface area contributed by atoms with Crippen molar-refractivity contribution in [3.63, 3.8) is 0 Å². The Hall–Kier alpha value is -1.28. The van der Waals surface area contributed by atoms with Gasteiger partial charge in [-0.3, -0.25) is 14.8 Å². The van der Waals surface area contributed by atoms with E-state index in [9.17, 15) is 4.79 Å². The summed E-state index contributed by atoms with van der Waals surface area (Å²) in [5, 5.41) is 6.04. The number of fused-ring (bicyclic) bond motifs is 1. The van der Waals surface area contributed by atoms with Crippen LogP contribution in [0, 0.1) is 11.8 Å². The second kappa shape index (κ2) is 8.89. The van der Waals surface area contributed by atoms with Crippen molar-refractivity contribution in [2.24, 2.45) is 11.8 Å². The third-order valence-corrected chi connectivity index (χ3v) is 5.68. The van der Waals surface area contributed by atoms with Crippen LogP contribution >= 0.6 is 36.2 Å². The Labute approximate surface area is 163 Å². The van der Waals surface area contributed by atoms with Gasteiger partial charge < -0.3 is 10.2 Å². The number of nitrogens with one attached hydrogen (secondary N) is 1. The zero-order valence-electron chi connectivity index (χ0n) is 13.6. The second-order valence-electron chi connectivity index (χ2n) is 6.18. The second-order valence-corrected chi connectivity index (χ2v) is 7.03. The Morgan fingerprint density at radius 3 is 2.52 bits per heavy atom. The van der Waals surface area contributed by atoms with Gasteiger partial charge in [-0.1, -0.05) is 0 Å². The van der Waals surface area contributed by atoms with Crippen molar-refractivity contribution in [2.75, 3.05) is 26.2 Å². The molecule has 2 aromatic heterocycles. The Balaban J connectivity index is 0.00000113. The average Bonchev–Trinajstić information content (AvgIpc) is 3.21. The maximum Gasteiger partial charge on any atom is 0.273 e. The maximum atomic E-state index is 12.7. The summed E-state index contributed by atoms with van der Waals surface area (Å²) in [5.74, 6) is 1.49. The minimum Gasteiger partial charge on any atom is -0.337 e. The van der Waals surface area contributed by atoms with Gasteiger partial charge in [0.15, 0.2) is 0 Å². The molecule has 25 heavy (non-hydrogen) atoms. The minimum atomic E-state index is 0. The van der Waals surface area contributed by atoms with Crippen molar-refractivity contribution < 1.29 is 4.79 Å². The maximum absolute atomic E-state index is 12.7. The van der Waals surface area contributed by atoms with Crippen molar-refractivity contribution >= 4 is 42.1 Å². The lowest BCUT2D eigenvalue weighted by Gasteiger charge is -2.19. The van der Waals surface area contributed by atoms with E-state index >= 15 is 0 Å². The molecule has 2 atom stereocenters. The first kappa shape index (κ1) is 20.0. The average molecular weight is 402 g/mol. The molecule has 4 rings (SSSR count). The first-order valence-corrected chi connectivity index (χ1v) is 8.91. The molecule has 0 bridgehead atoms. The number of halogens is 2. The first-order chi connectivity index (χ1) is 11.3. The predicted molar refractivity (Wildman–Crippen MR) is 103 cm³/mol. The lowest BCUT2D eigenvalue weighted by atomic mass is 9.92. The van der Waals surface area contributed by atoms with E-state index in [1.165, 1.54) is 11.3 Å². The largest absolute Gasteiger partial charge is 0.337 e. The van der Waals surface area contributed by atoms with Crippen LogP contribution in [0.5, 0.6) is 0 Å². The molecule has 9 heteroatoms. The number of carbonyl (C=O) groups excluding carboxylic acids is 1. The molecule has 1 amide bonds. The first-order valence-electron chi connectivity index (χ1n) is 8.03. The van der Waals surface area contributed by atoms with Crippen molar-refractivity contribution in [1.82, 2.24) is 25.2 Å². The highest BCUT2D eigenvalue weighted by Crippen LogP contribution is 2.28. The molecular weight excluding hydrogens is 381 g/mol. The lowest BCUT2D eigenvalue weighted by molar-refractivity contribution is 0.0753. The van der Waals surface area contributed by atoms with Crippen molar-refractivity contribution in [3.05, 3.63) is 29.7 Å². The molecular formula is C16H21Cl2N5OS. The quantitative estimate of drug-likeness (QED) is 0.836. The summed E-state index contributed by atoms with van der Waals surface area (Å²) in [6.45, 7) is 3.86. The van der Waals surface area contributed by atoms with Gasteiger partial charge in [0, 0.05) is 30.9 Å². The molecule has 0 radical (unpaired) electrons. The number of hydrogen-bond donors (Lipinski definition) is 1. The summed E-state index contributed by atoms with van der Waals surface area (Å²) >= 11 is 1.45. The number of thiazole rings is 1. The highest BCUT2D eigenvalue weighted by atomic mass is 35.5. The van der Waals surface area contributed by atoms with Crippen molar-refractivity contribution in [1.29, 1.82) is 0 Å². The summed E-state index contributed by atoms with van der Waals surface area (Å²) < 4.78 is 0. The normalized spacial score (nSPS) is 22.3. The summed E-state index contributed by atoms with van der Waals surface area (Å²) in [5.41, 5.74) is 1.24. The molecule has 2 aliphatic rings. The van der Waals surface area contributed by atoms with E-state index < -0.39 is 0 Å². The highest BCUT2D eigenvalue weighted by molar-refractivity contribution is 7.13. The number of aromatic nitrogens is 3. The zero-order chi connectivity index (χ0) is 15.6. The lowest BCUT2D eigenvalue weighted by Crippen LogP contribution is -2.33. The van der Waals surface area contributed by atoms with Gasteiger partial charge in [-0.25, -0.2) is 4.98 Å². The molecule has 0 spiro atoms. The van der Waals surface area contributed by atoms with E-state index in [1.807, 2.05) is 10.3 Å². The van der Waals surface area contributed by atoms with Gasteiger partial charge in [0.25, 0.3) is 5.91 Å². The van der Waals surface area contributed by atoms with Gasteiger partial charge in [-0.2, -0.15) is 0 Å². The zero-order valence-corrected chi connectivity index (χ0v) is 16.1. The third-order valence-electron chi connectivity index (χ3n) is 4.81. The van der Waals surface area contributed by atoms with Crippen molar-refractivity contribution in [3.8, 4) is 10.7 Å². The number of rotatable bonds is 2. The summed E-state index contributed by atoms with van der Waals surface area (Å²) in [4.78, 5) is 27.5. The van der Waals surface area contributed by atoms with E-state index in [0.29, 0.717) is 11.4 Å². The smallest absolute Gasteiger partial charge is 0.273 e. The van der Waals surface area contributed by atoms with Gasteiger partial charge in [0.1, 0.15) is 16.4 Å². The molecule has 2 aromatic rings. The standard InChI is InChI=1S/C16H19N5OS.2ClH/c22-16(21-5-1-11-7-18-8-12(11)2-6-21)14-10-23-15(20-14)13-9-17-3-4-19-13;;/h3-4,9-12,18H,1-2,5-8H2;2*1H/t11-,12+;;. The van der Waals surface area contributed by atoms with E-state index in [2.05, 4.69) is 20.3 Å². The van der Waals surface area contributed by atoms with Gasteiger partial charge in [-0.15, -0.1) is 36.2 Å². The number of carbonyl (C=O) groups is 1. The molecule has 0 aromatic carbocycles. The third kappa shape index (κ3) is 4.28. The number of amides is 1. The number of likely N-dealkylation sites (tertiary alicyclic amines) is 1. The number of hydrogen-bond acceptors (Lipinski definition) is 6. The molecule has 1 N–H and O–H groups in total. The fourth-order valence-electron chi connectivity index (χ4n) is 3.48. The summed E-state index contributed by atoms with van der Waals surface area (Å²) in [6, 6.07) is 0. The monoisotopic (exact) mass is 401 g/mol. The van der Waals surface area contributed by atoms with Crippen LogP contribution in [0.3, 0.4) is 0 Å². The van der Waals surface area contributed by atoms with Crippen LogP contribution in [0.25, 0.3) is 10.7 Å². The van der Waals surface area contributed by atoms with Crippen LogP contribution < -0.4 is 5.32 Å². The van der Waals surface area contributed by atoms with Crippen LogP contribution in [0.15, 0.2) is 24.0 Å². The van der Waals surface area contributed by atoms with Crippen LogP contribution in [-0.2, 0) is 0 Å². The van der Waals surface area contributed by atoms with Gasteiger partial charge in [0.05, 0.1) is 6.20 Å². The van der Waals surface area contributed by atoms with Crippen LogP contribution in [-0.4, -0.2) is 51.9 Å². The molecule has 2 aliphatic heterocycles. The van der Waals surface area contributed by atoms with E-state index in [-0.39, 0.29) is 30.7 Å². The molecule has 4 heterocycles. The van der Waals surface area contributed by atoms with E-state index in [1.54, 1.807) is 18.6 Å². The van der Waals surface area contributed by atoms with Crippen LogP contribution in [0.1, 0.15) is 23.3 Å². The van der Waals surface area contributed by atoms with E-state index in [4.69, 9.17) is 0 Å². The summed E-state index contributed by atoms with van der Waals surface area (Å²) in [6.07, 6.45) is 7.12. The van der Waals surface area contributed by atoms with Crippen LogP contribution in [0.2, 0.25) is 0 Å². The summed E-state index contributed by atoms with van der Waals surface area (Å²) in [7, 11) is 0. The van der Waals surface area contributed by atoms with Crippen molar-refractivity contribution in [2.45, 2.75) is 12.8 Å². The van der Waals surface area contributed by atoms with Gasteiger partial charge in [0.2, 0.25) is 0 Å². The molecule has 136 valence electrons. The Kier molecular flexibility index (Phi) is 7.13. The molecule has 6 nitrogen and oxygen atoms in total. The highest BCUT2D eigenvalue weighted by Gasteiger charge is 2.32. The fourth-order valence-corrected chi connectivity index (χ4v) is 4.24. The Bertz CT molecular complexity index is 685. The van der Waals surface area contributed by atoms with Crippen LogP contribution in [0.4, 0.5) is 0 Å². The molecule has 0 saturated carbocycles. The molecule has 0 aliphatic carbocycles. The number of nitrogens with zero attached hydrogens (tertiary/aromatic N) is 4. The minimum absolute atomic E-state index is 0. The SMILES string of the molecule is Cl.Cl.O=C(c1csc(-c2cnccn2)n1)N1CC[C@@H]2CNC[C@@H]2CC1. The van der Waals surface area contributed by atoms with Gasteiger partial charge in [-0.05, 0) is 37.8 Å². The Morgan fingerprint density at radius 1 is 1.16 bits per heavy atom. The Morgan fingerprint density at radius 2 is 1.88 bits per heavy atom.